The molecule has 1 aromatic rings. The third-order valence-electron chi connectivity index (χ3n) is 1.76. The van der Waals surface area contributed by atoms with Gasteiger partial charge in [0.05, 0.1) is 6.57 Å². The third kappa shape index (κ3) is 3.33. The van der Waals surface area contributed by atoms with E-state index in [2.05, 4.69) is 4.85 Å². The molecule has 0 spiro atoms. The zero-order valence-electron chi connectivity index (χ0n) is 8.41. The molecule has 0 aliphatic heterocycles. The maximum Gasteiger partial charge on any atom is 0.222 e. The minimum Gasteiger partial charge on any atom is -0.487 e. The topological polar surface area (TPSA) is 39.6 Å². The highest BCUT2D eigenvalue weighted by molar-refractivity contribution is 5.48. The van der Waals surface area contributed by atoms with Crippen LogP contribution in [0.4, 0.5) is 14.5 Å². The Morgan fingerprint density at radius 1 is 1.56 bits per heavy atom. The van der Waals surface area contributed by atoms with Gasteiger partial charge >= 0.3 is 0 Å². The predicted molar refractivity (Wildman–Crippen MR) is 56.4 cm³/mol. The molecule has 0 radical (unpaired) electrons. The van der Waals surface area contributed by atoms with Gasteiger partial charge in [0.1, 0.15) is 24.0 Å². The van der Waals surface area contributed by atoms with Gasteiger partial charge in [-0.2, -0.15) is 0 Å². The van der Waals surface area contributed by atoms with Crippen LogP contribution in [0, 0.1) is 12.4 Å². The molecule has 0 aromatic heterocycles. The quantitative estimate of drug-likeness (QED) is 0.798. The van der Waals surface area contributed by atoms with Gasteiger partial charge in [-0.25, -0.2) is 13.6 Å². The van der Waals surface area contributed by atoms with E-state index in [0.29, 0.717) is 0 Å². The normalized spacial score (nSPS) is 11.0. The van der Waals surface area contributed by atoms with Crippen molar-refractivity contribution in [3.63, 3.8) is 0 Å². The molecule has 0 amide bonds. The van der Waals surface area contributed by atoms with E-state index in [1.807, 2.05) is 0 Å². The fraction of sp³-hybridized carbons (Fsp3) is 0.182. The molecule has 0 bridgehead atoms. The molecule has 0 saturated carbocycles. The van der Waals surface area contributed by atoms with Crippen molar-refractivity contribution in [3.8, 4) is 5.75 Å². The molecule has 0 atom stereocenters. The highest BCUT2D eigenvalue weighted by Crippen LogP contribution is 2.23. The standard InChI is InChI=1S/C11H10F2N2O/c1-15-11-3-2-9(6-10(11)13)16-7-8(12)4-5-14/h2-4,6H,5,7,14H2. The summed E-state index contributed by atoms with van der Waals surface area (Å²) < 4.78 is 30.9. The first-order valence-electron chi connectivity index (χ1n) is 4.51. The fourth-order valence-electron chi connectivity index (χ4n) is 1.01. The van der Waals surface area contributed by atoms with Crippen LogP contribution in [0.1, 0.15) is 0 Å². The van der Waals surface area contributed by atoms with Crippen LogP contribution in [-0.4, -0.2) is 13.2 Å². The van der Waals surface area contributed by atoms with E-state index < -0.39 is 11.6 Å². The molecule has 1 rings (SSSR count). The average molecular weight is 224 g/mol. The minimum atomic E-state index is -0.685. The highest BCUT2D eigenvalue weighted by Gasteiger charge is 2.04. The Morgan fingerprint density at radius 2 is 2.31 bits per heavy atom. The summed E-state index contributed by atoms with van der Waals surface area (Å²) in [5.41, 5.74) is 5.00. The van der Waals surface area contributed by atoms with Gasteiger partial charge in [0.25, 0.3) is 0 Å². The Hall–Kier alpha value is -1.93. The second-order valence-corrected chi connectivity index (χ2v) is 2.90. The van der Waals surface area contributed by atoms with Gasteiger partial charge in [-0.1, -0.05) is 0 Å². The highest BCUT2D eigenvalue weighted by atomic mass is 19.1. The largest absolute Gasteiger partial charge is 0.487 e. The van der Waals surface area contributed by atoms with E-state index in [0.717, 1.165) is 6.07 Å². The molecular formula is C11H10F2N2O. The lowest BCUT2D eigenvalue weighted by Gasteiger charge is -2.05. The van der Waals surface area contributed by atoms with Gasteiger partial charge < -0.3 is 10.5 Å². The zero-order valence-corrected chi connectivity index (χ0v) is 8.41. The molecule has 84 valence electrons. The number of nitrogens with zero attached hydrogens (tertiary/aromatic N) is 1. The number of hydrogen-bond donors (Lipinski definition) is 1. The Morgan fingerprint density at radius 3 is 2.88 bits per heavy atom. The summed E-state index contributed by atoms with van der Waals surface area (Å²) in [5.74, 6) is -1.03. The predicted octanol–water partition coefficient (Wildman–Crippen LogP) is 2.57. The van der Waals surface area contributed by atoms with Crippen molar-refractivity contribution < 1.29 is 13.5 Å². The van der Waals surface area contributed by atoms with Crippen LogP contribution in [0.2, 0.25) is 0 Å². The summed E-state index contributed by atoms with van der Waals surface area (Å²) >= 11 is 0. The van der Waals surface area contributed by atoms with Gasteiger partial charge in [-0.15, -0.1) is 0 Å². The maximum absolute atomic E-state index is 13.1. The summed E-state index contributed by atoms with van der Waals surface area (Å²) in [6.45, 7) is 6.43. The van der Waals surface area contributed by atoms with E-state index >= 15 is 0 Å². The SMILES string of the molecule is [C-]#[N+]c1ccc(OCC(F)=CCN)cc1F. The first kappa shape index (κ1) is 12.1. The van der Waals surface area contributed by atoms with Crippen molar-refractivity contribution in [2.45, 2.75) is 0 Å². The second kappa shape index (κ2) is 5.83. The van der Waals surface area contributed by atoms with E-state index in [1.165, 1.54) is 18.2 Å². The lowest BCUT2D eigenvalue weighted by Crippen LogP contribution is -2.01. The molecule has 3 nitrogen and oxygen atoms in total. The van der Waals surface area contributed by atoms with Crippen LogP contribution in [0.5, 0.6) is 5.75 Å². The number of hydrogen-bond acceptors (Lipinski definition) is 2. The summed E-state index contributed by atoms with van der Waals surface area (Å²) in [6.07, 6.45) is 1.17. The van der Waals surface area contributed by atoms with Crippen LogP contribution in [-0.2, 0) is 0 Å². The van der Waals surface area contributed by atoms with Gasteiger partial charge in [-0.3, -0.25) is 0 Å². The summed E-state index contributed by atoms with van der Waals surface area (Å²) in [5, 5.41) is 0. The fourth-order valence-corrected chi connectivity index (χ4v) is 1.01. The Labute approximate surface area is 92.0 Å². The van der Waals surface area contributed by atoms with Crippen LogP contribution >= 0.6 is 0 Å². The van der Waals surface area contributed by atoms with E-state index in [1.54, 1.807) is 0 Å². The molecule has 0 saturated heterocycles. The Balaban J connectivity index is 2.66. The molecule has 0 unspecified atom stereocenters. The summed E-state index contributed by atoms with van der Waals surface area (Å²) in [6, 6.07) is 3.73. The lowest BCUT2D eigenvalue weighted by atomic mass is 10.3. The number of benzene rings is 1. The van der Waals surface area contributed by atoms with E-state index in [9.17, 15) is 8.78 Å². The van der Waals surface area contributed by atoms with E-state index in [-0.39, 0.29) is 24.6 Å². The monoisotopic (exact) mass is 224 g/mol. The molecule has 0 aliphatic rings. The van der Waals surface area contributed by atoms with Crippen molar-refractivity contribution in [3.05, 3.63) is 47.3 Å². The number of nitrogens with two attached hydrogens (primary N) is 1. The molecule has 0 aliphatic carbocycles. The molecule has 5 heteroatoms. The third-order valence-corrected chi connectivity index (χ3v) is 1.76. The van der Waals surface area contributed by atoms with E-state index in [4.69, 9.17) is 17.0 Å². The van der Waals surface area contributed by atoms with Crippen LogP contribution in [0.3, 0.4) is 0 Å². The maximum atomic E-state index is 13.1. The van der Waals surface area contributed by atoms with Gasteiger partial charge in [0.2, 0.25) is 5.69 Å². The molecule has 0 fully saturated rings. The second-order valence-electron chi connectivity index (χ2n) is 2.90. The lowest BCUT2D eigenvalue weighted by molar-refractivity contribution is 0.317. The van der Waals surface area contributed by atoms with Crippen LogP contribution in [0.25, 0.3) is 4.85 Å². The number of halogens is 2. The van der Waals surface area contributed by atoms with Crippen molar-refractivity contribution in [1.82, 2.24) is 0 Å². The smallest absolute Gasteiger partial charge is 0.222 e. The van der Waals surface area contributed by atoms with Gasteiger partial charge in [0.15, 0.2) is 0 Å². The Kier molecular flexibility index (Phi) is 4.42. The Bertz CT molecular complexity index is 438. The van der Waals surface area contributed by atoms with Crippen LogP contribution < -0.4 is 10.5 Å². The first-order valence-corrected chi connectivity index (χ1v) is 4.51. The minimum absolute atomic E-state index is 0.0835. The first-order chi connectivity index (χ1) is 7.67. The summed E-state index contributed by atoms with van der Waals surface area (Å²) in [7, 11) is 0. The average Bonchev–Trinajstić information content (AvgIpc) is 2.27. The molecule has 16 heavy (non-hydrogen) atoms. The molecule has 0 heterocycles. The van der Waals surface area contributed by atoms with Gasteiger partial charge in [0, 0.05) is 12.6 Å². The zero-order chi connectivity index (χ0) is 12.0. The van der Waals surface area contributed by atoms with Crippen molar-refractivity contribution in [1.29, 1.82) is 0 Å². The van der Waals surface area contributed by atoms with Crippen LogP contribution in [0.15, 0.2) is 30.1 Å². The van der Waals surface area contributed by atoms with Crippen molar-refractivity contribution in [2.24, 2.45) is 5.73 Å². The summed E-state index contributed by atoms with van der Waals surface area (Å²) in [4.78, 5) is 2.95. The number of rotatable bonds is 4. The number of ether oxygens (including phenoxy) is 1. The van der Waals surface area contributed by atoms with Crippen molar-refractivity contribution in [2.75, 3.05) is 13.2 Å². The molecule has 1 aromatic carbocycles. The molecule has 2 N–H and O–H groups in total. The van der Waals surface area contributed by atoms with Crippen molar-refractivity contribution >= 4 is 5.69 Å². The molecular weight excluding hydrogens is 214 g/mol. The van der Waals surface area contributed by atoms with Gasteiger partial charge in [-0.05, 0) is 18.2 Å².